The zero-order chi connectivity index (χ0) is 7.91. The van der Waals surface area contributed by atoms with Crippen LogP contribution in [0.25, 0.3) is 0 Å². The van der Waals surface area contributed by atoms with Crippen LogP contribution in [0.2, 0.25) is 0 Å². The Labute approximate surface area is 61.6 Å². The molecule has 9 heavy (non-hydrogen) atoms. The first-order valence-electron chi connectivity index (χ1n) is 2.46. The summed E-state index contributed by atoms with van der Waals surface area (Å²) in [5.41, 5.74) is 0. The molecule has 0 aliphatic rings. The summed E-state index contributed by atoms with van der Waals surface area (Å²) in [5, 5.41) is 0. The average molecular weight is 172 g/mol. The second kappa shape index (κ2) is 6.38. The molecule has 0 fully saturated rings. The molecule has 0 rings (SSSR count). The largest absolute Gasteiger partial charge is 0.286 e. The van der Waals surface area contributed by atoms with Gasteiger partial charge in [-0.15, -0.1) is 0 Å². The Morgan fingerprint density at radius 3 is 1.78 bits per heavy atom. The van der Waals surface area contributed by atoms with Gasteiger partial charge in [-0.25, -0.2) is 0 Å². The molecule has 0 spiro atoms. The summed E-state index contributed by atoms with van der Waals surface area (Å²) >= 11 is 3.53. The molecule has 0 saturated heterocycles. The van der Waals surface area contributed by atoms with E-state index in [1.807, 2.05) is 0 Å². The number of hydrogen-bond donors (Lipinski definition) is 2. The molecule has 0 unspecified atom stereocenters. The molecule has 58 valence electrons. The Kier molecular flexibility index (Phi) is 8.50. The summed E-state index contributed by atoms with van der Waals surface area (Å²) in [6.07, 6.45) is 2.17. The highest BCUT2D eigenvalue weighted by Crippen LogP contribution is 1.83. The third kappa shape index (κ3) is 17.8. The lowest BCUT2D eigenvalue weighted by molar-refractivity contribution is 0.482. The van der Waals surface area contributed by atoms with Gasteiger partial charge in [0.1, 0.15) is 0 Å². The van der Waals surface area contributed by atoms with Crippen molar-refractivity contribution in [2.75, 3.05) is 12.0 Å². The van der Waals surface area contributed by atoms with Crippen LogP contribution in [0, 0.1) is 0 Å². The van der Waals surface area contributed by atoms with Crippen molar-refractivity contribution >= 4 is 22.7 Å². The third-order valence-corrected chi connectivity index (χ3v) is 1.39. The molecule has 1 N–H and O–H groups in total. The van der Waals surface area contributed by atoms with Gasteiger partial charge in [0.15, 0.2) is 0 Å². The molecule has 0 aliphatic carbocycles. The van der Waals surface area contributed by atoms with Crippen molar-refractivity contribution < 1.29 is 13.0 Å². The van der Waals surface area contributed by atoms with Crippen molar-refractivity contribution in [3.63, 3.8) is 0 Å². The highest BCUT2D eigenvalue weighted by molar-refractivity contribution is 7.85. The molecular weight excluding hydrogens is 160 g/mol. The van der Waals surface area contributed by atoms with E-state index in [2.05, 4.69) is 12.6 Å². The molecule has 5 heteroatoms. The van der Waals surface area contributed by atoms with Crippen LogP contribution in [0.3, 0.4) is 0 Å². The van der Waals surface area contributed by atoms with Crippen molar-refractivity contribution in [2.45, 2.75) is 13.3 Å². The molecule has 3 nitrogen and oxygen atoms in total. The second-order valence-electron chi connectivity index (χ2n) is 1.29. The van der Waals surface area contributed by atoms with Gasteiger partial charge in [0.25, 0.3) is 10.1 Å². The molecule has 0 bridgehead atoms. The quantitative estimate of drug-likeness (QED) is 0.479. The minimum Gasteiger partial charge on any atom is -0.286 e. The van der Waals surface area contributed by atoms with Gasteiger partial charge >= 0.3 is 0 Å². The summed E-state index contributed by atoms with van der Waals surface area (Å²) in [6.45, 7) is 1.69. The van der Waals surface area contributed by atoms with E-state index in [1.165, 1.54) is 0 Å². The van der Waals surface area contributed by atoms with Crippen LogP contribution in [-0.2, 0) is 10.1 Å². The normalized spacial score (nSPS) is 9.78. The standard InChI is InChI=1S/C3H8O3S.CH4S/c1-2-3-7(4,5)6;1-2/h2-3H2,1H3,(H,4,5,6);2H,1H3. The van der Waals surface area contributed by atoms with Crippen molar-refractivity contribution in [2.24, 2.45) is 0 Å². The van der Waals surface area contributed by atoms with Crippen LogP contribution < -0.4 is 0 Å². The molecule has 0 heterocycles. The highest BCUT2D eigenvalue weighted by Gasteiger charge is 1.98. The van der Waals surface area contributed by atoms with Crippen molar-refractivity contribution in [3.05, 3.63) is 0 Å². The maximum atomic E-state index is 9.79. The second-order valence-corrected chi connectivity index (χ2v) is 2.86. The summed E-state index contributed by atoms with van der Waals surface area (Å²) < 4.78 is 27.6. The van der Waals surface area contributed by atoms with E-state index in [1.54, 1.807) is 13.2 Å². The van der Waals surface area contributed by atoms with Gasteiger partial charge in [-0.1, -0.05) is 6.92 Å². The van der Waals surface area contributed by atoms with Crippen molar-refractivity contribution in [1.82, 2.24) is 0 Å². The maximum absolute atomic E-state index is 9.79. The van der Waals surface area contributed by atoms with E-state index in [0.29, 0.717) is 6.42 Å². The summed E-state index contributed by atoms with van der Waals surface area (Å²) in [5.74, 6) is -0.132. The van der Waals surface area contributed by atoms with Gasteiger partial charge in [-0.3, -0.25) is 4.55 Å². The zero-order valence-electron chi connectivity index (χ0n) is 5.53. The van der Waals surface area contributed by atoms with Crippen molar-refractivity contribution in [3.8, 4) is 0 Å². The first-order valence-corrected chi connectivity index (χ1v) is 4.96. The van der Waals surface area contributed by atoms with E-state index in [0.717, 1.165) is 0 Å². The molecule has 0 aromatic carbocycles. The predicted molar refractivity (Wildman–Crippen MR) is 41.6 cm³/mol. The van der Waals surface area contributed by atoms with Gasteiger partial charge in [-0.2, -0.15) is 21.0 Å². The SMILES string of the molecule is CCCS(=O)(=O)O.CS. The lowest BCUT2D eigenvalue weighted by Crippen LogP contribution is -2.01. The van der Waals surface area contributed by atoms with Crippen LogP contribution >= 0.6 is 12.6 Å². The molecule has 0 saturated carbocycles. The fourth-order valence-corrected chi connectivity index (χ4v) is 0.774. The summed E-state index contributed by atoms with van der Waals surface area (Å²) in [7, 11) is -3.67. The first kappa shape index (κ1) is 12.0. The molecule has 0 aromatic rings. The van der Waals surface area contributed by atoms with Crippen LogP contribution in [0.4, 0.5) is 0 Å². The van der Waals surface area contributed by atoms with Crippen LogP contribution in [-0.4, -0.2) is 25.0 Å². The third-order valence-electron chi connectivity index (χ3n) is 0.462. The van der Waals surface area contributed by atoms with Crippen LogP contribution in [0.15, 0.2) is 0 Å². The lowest BCUT2D eigenvalue weighted by Gasteiger charge is -1.85. The van der Waals surface area contributed by atoms with Crippen LogP contribution in [0.5, 0.6) is 0 Å². The van der Waals surface area contributed by atoms with Gasteiger partial charge in [0.05, 0.1) is 5.75 Å². The fourth-order valence-electron chi connectivity index (χ4n) is 0.258. The fraction of sp³-hybridized carbons (Fsp3) is 1.00. The van der Waals surface area contributed by atoms with E-state index < -0.39 is 10.1 Å². The van der Waals surface area contributed by atoms with E-state index in [-0.39, 0.29) is 5.75 Å². The molecular formula is C4H12O3S2. The molecule has 0 aliphatic heterocycles. The topological polar surface area (TPSA) is 54.4 Å². The van der Waals surface area contributed by atoms with E-state index >= 15 is 0 Å². The molecule has 0 atom stereocenters. The summed E-state index contributed by atoms with van der Waals surface area (Å²) in [4.78, 5) is 0. The maximum Gasteiger partial charge on any atom is 0.264 e. The predicted octanol–water partition coefficient (Wildman–Crippen LogP) is 0.830. The van der Waals surface area contributed by atoms with E-state index in [9.17, 15) is 8.42 Å². The number of hydrogen-bond acceptors (Lipinski definition) is 3. The Morgan fingerprint density at radius 2 is 1.78 bits per heavy atom. The smallest absolute Gasteiger partial charge is 0.264 e. The lowest BCUT2D eigenvalue weighted by atomic mass is 10.6. The van der Waals surface area contributed by atoms with Crippen LogP contribution in [0.1, 0.15) is 13.3 Å². The minimum absolute atomic E-state index is 0.132. The highest BCUT2D eigenvalue weighted by atomic mass is 32.2. The van der Waals surface area contributed by atoms with Gasteiger partial charge < -0.3 is 0 Å². The Morgan fingerprint density at radius 1 is 1.44 bits per heavy atom. The minimum atomic E-state index is -3.67. The number of thiol groups is 1. The average Bonchev–Trinajstić information content (AvgIpc) is 1.69. The summed E-state index contributed by atoms with van der Waals surface area (Å²) in [6, 6.07) is 0. The van der Waals surface area contributed by atoms with Gasteiger partial charge in [0.2, 0.25) is 0 Å². The first-order chi connectivity index (χ1) is 4.06. The Balaban J connectivity index is 0. The zero-order valence-corrected chi connectivity index (χ0v) is 7.24. The van der Waals surface area contributed by atoms with Gasteiger partial charge in [-0.05, 0) is 12.7 Å². The van der Waals surface area contributed by atoms with Crippen molar-refractivity contribution in [1.29, 1.82) is 0 Å². The molecule has 0 amide bonds. The molecule has 0 radical (unpaired) electrons. The Bertz CT molecular complexity index is 127. The monoisotopic (exact) mass is 172 g/mol. The number of rotatable bonds is 2. The molecule has 0 aromatic heterocycles. The Hall–Kier alpha value is 0.260. The van der Waals surface area contributed by atoms with Gasteiger partial charge in [0, 0.05) is 0 Å². The van der Waals surface area contributed by atoms with E-state index in [4.69, 9.17) is 4.55 Å².